The largest absolute Gasteiger partial charge is 0.481 e. The first-order valence-electron chi connectivity index (χ1n) is 22.2. The van der Waals surface area contributed by atoms with E-state index in [1.807, 2.05) is 0 Å². The molecule has 400 valence electrons. The molecule has 0 saturated carbocycles. The smallest absolute Gasteiger partial charge is 0.335 e. The fourth-order valence-corrected chi connectivity index (χ4v) is 6.66. The molecule has 1 fully saturated rings. The number of amides is 9. The number of hydrogen-bond donors (Lipinski definition) is 13. The molecule has 1 rings (SSSR count). The van der Waals surface area contributed by atoms with Crippen molar-refractivity contribution in [1.29, 1.82) is 0 Å². The summed E-state index contributed by atoms with van der Waals surface area (Å²) in [5.74, 6) is -12.8. The third kappa shape index (κ3) is 21.2. The first-order valence-corrected chi connectivity index (χ1v) is 22.2. The molecule has 9 amide bonds. The molecule has 11 unspecified atom stereocenters. The van der Waals surface area contributed by atoms with E-state index in [0.29, 0.717) is 0 Å². The summed E-state index contributed by atoms with van der Waals surface area (Å²) in [6, 6.07) is -12.0. The van der Waals surface area contributed by atoms with Gasteiger partial charge in [-0.3, -0.25) is 52.7 Å². The van der Waals surface area contributed by atoms with Crippen molar-refractivity contribution in [2.24, 2.45) is 23.5 Å². The van der Waals surface area contributed by atoms with Crippen LogP contribution in [0.3, 0.4) is 0 Å². The van der Waals surface area contributed by atoms with E-state index in [0.717, 1.165) is 12.0 Å². The maximum absolute atomic E-state index is 13.8. The van der Waals surface area contributed by atoms with Crippen LogP contribution in [0.15, 0.2) is 0 Å². The Hall–Kier alpha value is -7.05. The first kappa shape index (κ1) is 62.0. The Bertz CT molecular complexity index is 1960. The van der Waals surface area contributed by atoms with Gasteiger partial charge in [0, 0.05) is 20.6 Å². The second-order valence-electron chi connectivity index (χ2n) is 16.7. The second kappa shape index (κ2) is 30.5. The Morgan fingerprint density at radius 2 is 1.28 bits per heavy atom. The van der Waals surface area contributed by atoms with Gasteiger partial charge in [0.05, 0.1) is 38.5 Å². The maximum atomic E-state index is 13.8. The molecule has 0 radical (unpaired) electrons. The number of aliphatic carboxylic acids is 3. The lowest BCUT2D eigenvalue weighted by molar-refractivity contribution is -0.158. The number of methoxy groups -OCH3 is 1. The summed E-state index contributed by atoms with van der Waals surface area (Å²) in [4.78, 5) is 176. The number of rotatable bonds is 15. The van der Waals surface area contributed by atoms with Crippen LogP contribution in [0.2, 0.25) is 0 Å². The zero-order valence-corrected chi connectivity index (χ0v) is 40.4. The van der Waals surface area contributed by atoms with E-state index in [1.165, 1.54) is 41.7 Å². The topological polar surface area (TPSA) is 462 Å². The molecule has 0 aromatic carbocycles. The molecular weight excluding hydrogens is 951 g/mol. The number of nitrogens with one attached hydrogen (secondary N) is 8. The zero-order valence-electron chi connectivity index (χ0n) is 40.4. The number of carboxylic acids is 3. The molecule has 30 nitrogen and oxygen atoms in total. The van der Waals surface area contributed by atoms with Crippen LogP contribution < -0.4 is 54.2 Å². The van der Waals surface area contributed by atoms with Gasteiger partial charge >= 0.3 is 23.9 Å². The van der Waals surface area contributed by atoms with Crippen LogP contribution in [0.4, 0.5) is 0 Å². The Morgan fingerprint density at radius 3 is 1.83 bits per heavy atom. The summed E-state index contributed by atoms with van der Waals surface area (Å²) in [5, 5.41) is 47.0. The monoisotopic (exact) mass is 1020 g/mol. The van der Waals surface area contributed by atoms with Crippen LogP contribution in [0.5, 0.6) is 0 Å². The average Bonchev–Trinajstić information content (AvgIpc) is 3.28. The Labute approximate surface area is 407 Å². The highest BCUT2D eigenvalue weighted by molar-refractivity contribution is 5.99. The molecule has 15 N–H and O–H groups in total. The number of carbonyl (C=O) groups excluding carboxylic acids is 10. The molecule has 0 spiro atoms. The van der Waals surface area contributed by atoms with Gasteiger partial charge in [-0.15, -0.1) is 0 Å². The summed E-state index contributed by atoms with van der Waals surface area (Å²) in [6.45, 7) is 4.38. The molecule has 1 heterocycles. The molecule has 0 aromatic heterocycles. The van der Waals surface area contributed by atoms with Crippen molar-refractivity contribution in [2.75, 3.05) is 40.4 Å². The van der Waals surface area contributed by atoms with Gasteiger partial charge in [0.2, 0.25) is 53.2 Å². The second-order valence-corrected chi connectivity index (χ2v) is 16.7. The van der Waals surface area contributed by atoms with Crippen molar-refractivity contribution < 1.29 is 92.0 Å². The summed E-state index contributed by atoms with van der Waals surface area (Å²) in [6.07, 6.45) is -5.31. The van der Waals surface area contributed by atoms with Gasteiger partial charge in [0.25, 0.3) is 0 Å². The Balaban J connectivity index is 3.83. The highest BCUT2D eigenvalue weighted by Gasteiger charge is 2.39. The van der Waals surface area contributed by atoms with Crippen LogP contribution in [-0.2, 0) is 76.6 Å². The molecule has 1 aliphatic heterocycles. The molecule has 30 heteroatoms. The highest BCUT2D eigenvalue weighted by atomic mass is 16.6. The molecule has 1 aliphatic rings. The van der Waals surface area contributed by atoms with E-state index in [9.17, 15) is 77.6 Å². The van der Waals surface area contributed by atoms with Gasteiger partial charge in [-0.2, -0.15) is 0 Å². The zero-order chi connectivity index (χ0) is 54.3. The molecule has 1 saturated heterocycles. The number of carbonyl (C=O) groups is 13. The van der Waals surface area contributed by atoms with Gasteiger partial charge in [-0.05, 0) is 52.5 Å². The average molecular weight is 1020 g/mol. The molecule has 11 atom stereocenters. The van der Waals surface area contributed by atoms with E-state index in [4.69, 9.17) is 21.1 Å². The van der Waals surface area contributed by atoms with Gasteiger partial charge < -0.3 is 82.8 Å². The molecule has 0 bridgehead atoms. The van der Waals surface area contributed by atoms with Gasteiger partial charge in [0.15, 0.2) is 6.10 Å². The van der Waals surface area contributed by atoms with E-state index >= 15 is 0 Å². The van der Waals surface area contributed by atoms with E-state index < -0.39 is 182 Å². The minimum Gasteiger partial charge on any atom is -0.481 e. The van der Waals surface area contributed by atoms with Crippen LogP contribution >= 0.6 is 0 Å². The summed E-state index contributed by atoms with van der Waals surface area (Å²) in [7, 11) is 2.09. The highest BCUT2D eigenvalue weighted by Crippen LogP contribution is 2.14. The van der Waals surface area contributed by atoms with E-state index in [-0.39, 0.29) is 25.8 Å². The summed E-state index contributed by atoms with van der Waals surface area (Å²) < 4.78 is 10.4. The summed E-state index contributed by atoms with van der Waals surface area (Å²) in [5.41, 5.74) is 5.60. The van der Waals surface area contributed by atoms with Crippen LogP contribution in [0.25, 0.3) is 0 Å². The normalized spacial score (nSPS) is 26.8. The number of unbranched alkanes of at least 4 members (excludes halogenated alkanes) is 1. The minimum absolute atomic E-state index is 0.111. The van der Waals surface area contributed by atoms with E-state index in [2.05, 4.69) is 47.4 Å². The quantitative estimate of drug-likeness (QED) is 0.0412. The predicted octanol–water partition coefficient (Wildman–Crippen LogP) is -6.33. The van der Waals surface area contributed by atoms with Crippen LogP contribution in [-0.4, -0.2) is 192 Å². The first-order chi connectivity index (χ1) is 33.2. The van der Waals surface area contributed by atoms with Gasteiger partial charge in [-0.1, -0.05) is 13.8 Å². The molecular formula is C41H67N11O19. The number of carboxylic acid groups (broad SMARTS) is 3. The van der Waals surface area contributed by atoms with Crippen molar-refractivity contribution >= 4 is 77.0 Å². The number of likely N-dealkylation sites (N-methyl/N-ethyl adjacent to an activating group) is 1. The fraction of sp³-hybridized carbons (Fsp3) is 0.683. The Morgan fingerprint density at radius 1 is 0.704 bits per heavy atom. The van der Waals surface area contributed by atoms with Gasteiger partial charge in [-0.25, -0.2) is 15.5 Å². The number of esters is 1. The van der Waals surface area contributed by atoms with Crippen molar-refractivity contribution in [2.45, 2.75) is 128 Å². The third-order valence-corrected chi connectivity index (χ3v) is 10.9. The molecule has 0 aliphatic carbocycles. The number of hydrogen-bond acceptors (Lipinski definition) is 18. The van der Waals surface area contributed by atoms with Crippen LogP contribution in [0.1, 0.15) is 73.1 Å². The minimum atomic E-state index is -2.16. The number of nitrogens with zero attached hydrogens (tertiary/aromatic N) is 1. The lowest BCUT2D eigenvalue weighted by Crippen LogP contribution is -2.62. The number of ether oxygens (including phenoxy) is 2. The number of cyclic esters (lactones) is 1. The Kier molecular flexibility index (Phi) is 26.6. The SMILES string of the molecule is COC(C(=O)O)C1NC(=O)C(CCCCN)NC(=O)C(CC(=O)O)NC(=O)C(C)NC(=O)CN(C)C(=O)C(C)C(C)OC(=O)C(C)NC(=O)C(C(C)CC(=O)O)NC(=O)C(CCON)NC(=O)CNC1=O. The summed E-state index contributed by atoms with van der Waals surface area (Å²) >= 11 is 0. The van der Waals surface area contributed by atoms with Crippen molar-refractivity contribution in [3.8, 4) is 0 Å². The van der Waals surface area contributed by atoms with Crippen molar-refractivity contribution in [3.63, 3.8) is 0 Å². The molecule has 0 aromatic rings. The fourth-order valence-electron chi connectivity index (χ4n) is 6.66. The maximum Gasteiger partial charge on any atom is 0.335 e. The van der Waals surface area contributed by atoms with Crippen molar-refractivity contribution in [1.82, 2.24) is 47.4 Å². The van der Waals surface area contributed by atoms with Gasteiger partial charge in [0.1, 0.15) is 48.4 Å². The lowest BCUT2D eigenvalue weighted by Gasteiger charge is -2.28. The third-order valence-electron chi connectivity index (χ3n) is 10.9. The molecule has 71 heavy (non-hydrogen) atoms. The van der Waals surface area contributed by atoms with E-state index in [1.54, 1.807) is 0 Å². The standard InChI is InChI=1S/C41H67N11O19/c1-18(14-28(55)56)30-38(64)46-21(4)41(68)71-22(5)19(2)39(65)52(6)17-27(54)45-20(3)33(59)49-25(15-29(57)58)36(62)48-23(10-8-9-12-42)34(60)51-31(32(69-7)40(66)67)37(63)44-16-26(53)47-24(11-13-70-43)35(61)50-30/h18-25,30-32H,8-17,42-43H2,1-7H3,(H,44,63)(H,45,54)(H,46,64)(H,47,53)(H,48,62)(H,49,59)(H,50,61)(H,51,60)(H,55,56)(H,57,58)(H,66,67). The van der Waals surface area contributed by atoms with Crippen LogP contribution in [0, 0.1) is 11.8 Å². The predicted molar refractivity (Wildman–Crippen MR) is 240 cm³/mol. The number of nitrogens with two attached hydrogens (primary N) is 2. The lowest BCUT2D eigenvalue weighted by atomic mass is 9.96. The van der Waals surface area contributed by atoms with Crippen molar-refractivity contribution in [3.05, 3.63) is 0 Å².